The van der Waals surface area contributed by atoms with E-state index in [2.05, 4.69) is 23.2 Å². The Balaban J connectivity index is 1.53. The number of hydrogen-bond acceptors (Lipinski definition) is 7. The number of nitrogen functional groups attached to an aromatic ring is 1. The zero-order chi connectivity index (χ0) is 28.9. The molecule has 8 nitrogen and oxygen atoms in total. The molecule has 3 aliphatic heterocycles. The highest BCUT2D eigenvalue weighted by molar-refractivity contribution is 6.63. The Labute approximate surface area is 239 Å². The number of nitrogens with zero attached hydrogens (tertiary/aromatic N) is 2. The second-order valence-corrected chi connectivity index (χ2v) is 13.3. The van der Waals surface area contributed by atoms with Gasteiger partial charge in [0.25, 0.3) is 0 Å². The molecule has 40 heavy (non-hydrogen) atoms. The van der Waals surface area contributed by atoms with Crippen LogP contribution < -0.4 is 11.2 Å². The first-order chi connectivity index (χ1) is 18.8. The van der Waals surface area contributed by atoms with Crippen molar-refractivity contribution in [1.29, 1.82) is 0 Å². The first-order valence-corrected chi connectivity index (χ1v) is 14.6. The van der Waals surface area contributed by atoms with Gasteiger partial charge in [0.05, 0.1) is 17.2 Å². The third-order valence-electron chi connectivity index (χ3n) is 8.78. The van der Waals surface area contributed by atoms with Gasteiger partial charge in [-0.25, -0.2) is 9.78 Å². The highest BCUT2D eigenvalue weighted by atomic mass is 16.7. The van der Waals surface area contributed by atoms with Crippen LogP contribution in [0.2, 0.25) is 0 Å². The van der Waals surface area contributed by atoms with Gasteiger partial charge in [0, 0.05) is 31.4 Å². The van der Waals surface area contributed by atoms with Crippen LogP contribution in [0, 0.1) is 0 Å². The predicted octanol–water partition coefficient (Wildman–Crippen LogP) is 5.60. The van der Waals surface area contributed by atoms with Gasteiger partial charge in [0.2, 0.25) is 0 Å². The van der Waals surface area contributed by atoms with Crippen molar-refractivity contribution in [2.45, 2.75) is 103 Å². The molecule has 216 valence electrons. The number of rotatable bonds is 4. The number of carbonyl (C=O) groups is 1. The van der Waals surface area contributed by atoms with Crippen LogP contribution in [-0.4, -0.2) is 59.7 Å². The van der Waals surface area contributed by atoms with Gasteiger partial charge in [-0.05, 0) is 114 Å². The number of likely N-dealkylation sites (tertiary alicyclic amines) is 1. The van der Waals surface area contributed by atoms with Crippen molar-refractivity contribution >= 4 is 24.5 Å². The fraction of sp³-hybridized carbons (Fsp3) is 0.613. The van der Waals surface area contributed by atoms with Crippen molar-refractivity contribution in [2.75, 3.05) is 25.5 Å². The highest BCUT2D eigenvalue weighted by Crippen LogP contribution is 2.42. The SMILES string of the molecule is CC(C)(C)OC(=O)N1CCC[C@H]1c1cc(-c2cnc(N)c(B3OC(C)(C)C(C)(C)O3)c2)ccc1C1CCOCC1. The number of amides is 1. The molecule has 0 saturated carbocycles. The smallest absolute Gasteiger partial charge is 0.444 e. The topological polar surface area (TPSA) is 96.1 Å². The average molecular weight is 550 g/mol. The van der Waals surface area contributed by atoms with Crippen molar-refractivity contribution in [3.8, 4) is 11.1 Å². The molecular formula is C31H44BN3O5. The summed E-state index contributed by atoms with van der Waals surface area (Å²) in [6.07, 6.45) is 5.34. The Morgan fingerprint density at radius 2 is 1.70 bits per heavy atom. The molecule has 0 unspecified atom stereocenters. The molecule has 1 aromatic carbocycles. The maximum Gasteiger partial charge on any atom is 0.498 e. The Kier molecular flexibility index (Phi) is 7.70. The van der Waals surface area contributed by atoms with E-state index in [0.717, 1.165) is 55.5 Å². The van der Waals surface area contributed by atoms with Crippen molar-refractivity contribution in [3.63, 3.8) is 0 Å². The number of anilines is 1. The standard InChI is InChI=1S/C31H44BN3O5/c1-29(2,3)38-28(36)35-14-8-9-26(35)24-17-21(10-11-23(24)20-12-15-37-16-13-20)22-18-25(27(33)34-19-22)32-39-30(4,5)31(6,7)40-32/h10-11,17-20,26H,8-9,12-16H2,1-7H3,(H2,33,34)/t26-/m0/s1. The summed E-state index contributed by atoms with van der Waals surface area (Å²) in [5, 5.41) is 0. The van der Waals surface area contributed by atoms with Crippen LogP contribution in [0.1, 0.15) is 97.2 Å². The monoisotopic (exact) mass is 549 g/mol. The van der Waals surface area contributed by atoms with Crippen molar-refractivity contribution in [3.05, 3.63) is 41.6 Å². The first-order valence-electron chi connectivity index (χ1n) is 14.6. The van der Waals surface area contributed by atoms with E-state index in [0.29, 0.717) is 18.3 Å². The molecule has 9 heteroatoms. The van der Waals surface area contributed by atoms with Gasteiger partial charge in [0.1, 0.15) is 11.4 Å². The summed E-state index contributed by atoms with van der Waals surface area (Å²) in [4.78, 5) is 19.7. The summed E-state index contributed by atoms with van der Waals surface area (Å²) in [5.41, 5.74) is 9.98. The predicted molar refractivity (Wildman–Crippen MR) is 158 cm³/mol. The Morgan fingerprint density at radius 3 is 2.35 bits per heavy atom. The molecule has 2 N–H and O–H groups in total. The molecule has 3 aliphatic rings. The second kappa shape index (κ2) is 10.7. The van der Waals surface area contributed by atoms with E-state index in [4.69, 9.17) is 24.5 Å². The van der Waals surface area contributed by atoms with Crippen LogP contribution in [0.15, 0.2) is 30.5 Å². The lowest BCUT2D eigenvalue weighted by Gasteiger charge is -2.32. The molecule has 0 aliphatic carbocycles. The molecule has 3 fully saturated rings. The minimum absolute atomic E-state index is 0.0445. The van der Waals surface area contributed by atoms with Gasteiger partial charge in [-0.1, -0.05) is 12.1 Å². The van der Waals surface area contributed by atoms with Crippen LogP contribution >= 0.6 is 0 Å². The third kappa shape index (κ3) is 5.74. The quantitative estimate of drug-likeness (QED) is 0.497. The number of carbonyl (C=O) groups excluding carboxylic acids is 1. The van der Waals surface area contributed by atoms with Gasteiger partial charge >= 0.3 is 13.2 Å². The Hall–Kier alpha value is -2.62. The number of ether oxygens (including phenoxy) is 2. The molecule has 1 aromatic heterocycles. The minimum atomic E-state index is -0.601. The third-order valence-corrected chi connectivity index (χ3v) is 8.78. The summed E-state index contributed by atoms with van der Waals surface area (Å²) >= 11 is 0. The average Bonchev–Trinajstić information content (AvgIpc) is 3.45. The minimum Gasteiger partial charge on any atom is -0.444 e. The first kappa shape index (κ1) is 28.9. The lowest BCUT2D eigenvalue weighted by atomic mass is 9.78. The zero-order valence-corrected chi connectivity index (χ0v) is 25.1. The maximum atomic E-state index is 13.3. The molecule has 0 bridgehead atoms. The zero-order valence-electron chi connectivity index (χ0n) is 25.1. The van der Waals surface area contributed by atoms with E-state index in [1.54, 1.807) is 6.20 Å². The van der Waals surface area contributed by atoms with Crippen LogP contribution in [0.3, 0.4) is 0 Å². The Morgan fingerprint density at radius 1 is 1.02 bits per heavy atom. The van der Waals surface area contributed by atoms with E-state index in [1.165, 1.54) is 11.1 Å². The fourth-order valence-electron chi connectivity index (χ4n) is 5.86. The van der Waals surface area contributed by atoms with E-state index in [9.17, 15) is 4.79 Å². The fourth-order valence-corrected chi connectivity index (χ4v) is 5.86. The molecule has 5 rings (SSSR count). The van der Waals surface area contributed by atoms with E-state index in [-0.39, 0.29) is 12.1 Å². The van der Waals surface area contributed by atoms with Gasteiger partial charge in [-0.2, -0.15) is 0 Å². The summed E-state index contributed by atoms with van der Waals surface area (Å²) < 4.78 is 24.1. The highest BCUT2D eigenvalue weighted by Gasteiger charge is 2.52. The maximum absolute atomic E-state index is 13.3. The van der Waals surface area contributed by atoms with Crippen LogP contribution in [0.5, 0.6) is 0 Å². The van der Waals surface area contributed by atoms with E-state index < -0.39 is 23.9 Å². The van der Waals surface area contributed by atoms with Crippen molar-refractivity contribution < 1.29 is 23.6 Å². The summed E-state index contributed by atoms with van der Waals surface area (Å²) in [7, 11) is -0.601. The molecule has 1 atom stereocenters. The molecule has 2 aromatic rings. The van der Waals surface area contributed by atoms with Gasteiger partial charge < -0.3 is 29.4 Å². The van der Waals surface area contributed by atoms with Gasteiger partial charge in [-0.15, -0.1) is 0 Å². The van der Waals surface area contributed by atoms with Crippen molar-refractivity contribution in [2.24, 2.45) is 0 Å². The van der Waals surface area contributed by atoms with E-state index in [1.807, 2.05) is 59.4 Å². The number of aromatic nitrogens is 1. The normalized spacial score (nSPS) is 23.0. The Bertz CT molecular complexity index is 1240. The summed E-state index contributed by atoms with van der Waals surface area (Å²) in [6.45, 7) is 16.0. The molecule has 4 heterocycles. The van der Waals surface area contributed by atoms with Crippen molar-refractivity contribution in [1.82, 2.24) is 9.88 Å². The molecular weight excluding hydrogens is 505 g/mol. The van der Waals surface area contributed by atoms with Crippen LogP contribution in [0.25, 0.3) is 11.1 Å². The van der Waals surface area contributed by atoms with Gasteiger partial charge in [0.15, 0.2) is 0 Å². The molecule has 1 amide bonds. The number of pyridine rings is 1. The molecule has 3 saturated heterocycles. The van der Waals surface area contributed by atoms with Gasteiger partial charge in [-0.3, -0.25) is 0 Å². The summed E-state index contributed by atoms with van der Waals surface area (Å²) in [6, 6.07) is 8.61. The van der Waals surface area contributed by atoms with Crippen LogP contribution in [-0.2, 0) is 18.8 Å². The lowest BCUT2D eigenvalue weighted by Crippen LogP contribution is -2.41. The summed E-state index contributed by atoms with van der Waals surface area (Å²) in [5.74, 6) is 0.789. The lowest BCUT2D eigenvalue weighted by molar-refractivity contribution is 0.00578. The van der Waals surface area contributed by atoms with Crippen LogP contribution in [0.4, 0.5) is 10.6 Å². The second-order valence-electron chi connectivity index (χ2n) is 13.3. The molecule has 0 spiro atoms. The van der Waals surface area contributed by atoms with E-state index >= 15 is 0 Å². The number of nitrogens with two attached hydrogens (primary N) is 1. The largest absolute Gasteiger partial charge is 0.498 e. The number of benzene rings is 1. The molecule has 0 radical (unpaired) electrons. The number of hydrogen-bond donors (Lipinski definition) is 1.